The molecule has 2 aliphatic rings. The second-order valence-corrected chi connectivity index (χ2v) is 6.10. The van der Waals surface area contributed by atoms with Gasteiger partial charge in [0.2, 0.25) is 5.91 Å². The van der Waals surface area contributed by atoms with E-state index in [1.807, 2.05) is 0 Å². The van der Waals surface area contributed by atoms with E-state index < -0.39 is 0 Å². The van der Waals surface area contributed by atoms with Crippen molar-refractivity contribution in [1.82, 2.24) is 10.6 Å². The quantitative estimate of drug-likeness (QED) is 0.853. The molecule has 3 heteroatoms. The first-order chi connectivity index (χ1) is 9.19. The van der Waals surface area contributed by atoms with Crippen molar-refractivity contribution in [2.24, 2.45) is 5.41 Å². The van der Waals surface area contributed by atoms with E-state index in [-0.39, 0.29) is 17.4 Å². The summed E-state index contributed by atoms with van der Waals surface area (Å²) in [5.74, 6) is 0.208. The number of carbonyl (C=O) groups is 1. The van der Waals surface area contributed by atoms with Crippen LogP contribution in [0.3, 0.4) is 0 Å². The summed E-state index contributed by atoms with van der Waals surface area (Å²) in [7, 11) is 0. The molecule has 1 saturated heterocycles. The molecule has 1 aliphatic heterocycles. The molecule has 3 nitrogen and oxygen atoms in total. The Kier molecular flexibility index (Phi) is 3.31. The van der Waals surface area contributed by atoms with Crippen molar-refractivity contribution in [2.45, 2.75) is 38.6 Å². The Labute approximate surface area is 114 Å². The highest BCUT2D eigenvalue weighted by Gasteiger charge is 2.37. The van der Waals surface area contributed by atoms with E-state index in [0.717, 1.165) is 38.8 Å². The first kappa shape index (κ1) is 12.7. The van der Waals surface area contributed by atoms with E-state index in [0.29, 0.717) is 0 Å². The Morgan fingerprint density at radius 3 is 3.05 bits per heavy atom. The Balaban J connectivity index is 1.76. The molecule has 1 fully saturated rings. The molecule has 0 aromatic heterocycles. The Bertz CT molecular complexity index is 477. The predicted molar refractivity (Wildman–Crippen MR) is 75.9 cm³/mol. The number of carbonyl (C=O) groups excluding carboxylic acids is 1. The maximum absolute atomic E-state index is 12.5. The third kappa shape index (κ3) is 2.39. The third-order valence-electron chi connectivity index (χ3n) is 4.59. The van der Waals surface area contributed by atoms with E-state index in [1.54, 1.807) is 0 Å². The highest BCUT2D eigenvalue weighted by Crippen LogP contribution is 2.32. The summed E-state index contributed by atoms with van der Waals surface area (Å²) >= 11 is 0. The second-order valence-electron chi connectivity index (χ2n) is 6.10. The van der Waals surface area contributed by atoms with Gasteiger partial charge in [-0.25, -0.2) is 0 Å². The third-order valence-corrected chi connectivity index (χ3v) is 4.59. The van der Waals surface area contributed by atoms with Gasteiger partial charge >= 0.3 is 0 Å². The van der Waals surface area contributed by atoms with Crippen molar-refractivity contribution >= 4 is 5.91 Å². The average molecular weight is 258 g/mol. The second kappa shape index (κ2) is 4.97. The molecule has 1 aromatic rings. The molecule has 3 rings (SSSR count). The lowest BCUT2D eigenvalue weighted by molar-refractivity contribution is -0.130. The van der Waals surface area contributed by atoms with Crippen molar-refractivity contribution in [3.8, 4) is 0 Å². The number of rotatable bonds is 2. The minimum atomic E-state index is -0.230. The van der Waals surface area contributed by atoms with Gasteiger partial charge in [0.25, 0.3) is 0 Å². The van der Waals surface area contributed by atoms with E-state index in [1.165, 1.54) is 11.1 Å². The maximum atomic E-state index is 12.5. The van der Waals surface area contributed by atoms with Gasteiger partial charge in [-0.15, -0.1) is 0 Å². The highest BCUT2D eigenvalue weighted by molar-refractivity contribution is 5.83. The average Bonchev–Trinajstić information content (AvgIpc) is 2.87. The normalized spacial score (nSPS) is 29.8. The van der Waals surface area contributed by atoms with Gasteiger partial charge in [-0.2, -0.15) is 0 Å². The molecule has 19 heavy (non-hydrogen) atoms. The Morgan fingerprint density at radius 1 is 1.42 bits per heavy atom. The van der Waals surface area contributed by atoms with Gasteiger partial charge < -0.3 is 10.6 Å². The number of amides is 1. The molecule has 0 bridgehead atoms. The molecule has 0 spiro atoms. The molecule has 0 saturated carbocycles. The van der Waals surface area contributed by atoms with Crippen LogP contribution >= 0.6 is 0 Å². The van der Waals surface area contributed by atoms with Gasteiger partial charge in [0, 0.05) is 6.54 Å². The summed E-state index contributed by atoms with van der Waals surface area (Å²) < 4.78 is 0. The van der Waals surface area contributed by atoms with Gasteiger partial charge in [-0.1, -0.05) is 24.3 Å². The van der Waals surface area contributed by atoms with Crippen molar-refractivity contribution in [1.29, 1.82) is 0 Å². The van der Waals surface area contributed by atoms with Crippen LogP contribution in [0, 0.1) is 5.41 Å². The lowest BCUT2D eigenvalue weighted by atomic mass is 9.85. The highest BCUT2D eigenvalue weighted by atomic mass is 16.2. The first-order valence-electron chi connectivity index (χ1n) is 7.28. The molecule has 0 radical (unpaired) electrons. The molecular formula is C16H22N2O. The summed E-state index contributed by atoms with van der Waals surface area (Å²) in [4.78, 5) is 12.5. The zero-order valence-corrected chi connectivity index (χ0v) is 11.5. The standard InChI is InChI=1S/C16H22N2O/c1-16(9-10-17-11-16)15(19)18-14-8-4-6-12-5-2-3-7-13(12)14/h2-3,5,7,14,17H,4,6,8-11H2,1H3,(H,18,19). The molecular weight excluding hydrogens is 236 g/mol. The van der Waals surface area contributed by atoms with Crippen LogP contribution in [0.5, 0.6) is 0 Å². The van der Waals surface area contributed by atoms with Crippen molar-refractivity contribution < 1.29 is 4.79 Å². The monoisotopic (exact) mass is 258 g/mol. The molecule has 1 aliphatic carbocycles. The fourth-order valence-electron chi connectivity index (χ4n) is 3.25. The van der Waals surface area contributed by atoms with Gasteiger partial charge in [-0.3, -0.25) is 4.79 Å². The lowest BCUT2D eigenvalue weighted by Gasteiger charge is -2.30. The van der Waals surface area contributed by atoms with Crippen molar-refractivity contribution in [3.05, 3.63) is 35.4 Å². The van der Waals surface area contributed by atoms with Crippen LogP contribution in [-0.2, 0) is 11.2 Å². The van der Waals surface area contributed by atoms with Crippen LogP contribution < -0.4 is 10.6 Å². The molecule has 2 unspecified atom stereocenters. The van der Waals surface area contributed by atoms with Crippen LogP contribution in [0.4, 0.5) is 0 Å². The summed E-state index contributed by atoms with van der Waals surface area (Å²) in [6, 6.07) is 8.71. The lowest BCUT2D eigenvalue weighted by Crippen LogP contribution is -2.42. The van der Waals surface area contributed by atoms with E-state index in [2.05, 4.69) is 41.8 Å². The van der Waals surface area contributed by atoms with Crippen molar-refractivity contribution in [3.63, 3.8) is 0 Å². The van der Waals surface area contributed by atoms with Crippen LogP contribution in [-0.4, -0.2) is 19.0 Å². The fourth-order valence-corrected chi connectivity index (χ4v) is 3.25. The fraction of sp³-hybridized carbons (Fsp3) is 0.562. The van der Waals surface area contributed by atoms with E-state index >= 15 is 0 Å². The minimum Gasteiger partial charge on any atom is -0.349 e. The maximum Gasteiger partial charge on any atom is 0.227 e. The van der Waals surface area contributed by atoms with Crippen LogP contribution in [0.2, 0.25) is 0 Å². The first-order valence-corrected chi connectivity index (χ1v) is 7.28. The van der Waals surface area contributed by atoms with E-state index in [4.69, 9.17) is 0 Å². The number of fused-ring (bicyclic) bond motifs is 1. The summed E-state index contributed by atoms with van der Waals surface area (Å²) in [5, 5.41) is 6.57. The topological polar surface area (TPSA) is 41.1 Å². The van der Waals surface area contributed by atoms with Gasteiger partial charge in [-0.05, 0) is 50.3 Å². The number of aryl methyl sites for hydroxylation is 1. The molecule has 1 aromatic carbocycles. The minimum absolute atomic E-state index is 0.204. The Morgan fingerprint density at radius 2 is 2.26 bits per heavy atom. The number of benzene rings is 1. The number of hydrogen-bond acceptors (Lipinski definition) is 2. The molecule has 2 atom stereocenters. The van der Waals surface area contributed by atoms with Crippen molar-refractivity contribution in [2.75, 3.05) is 13.1 Å². The largest absolute Gasteiger partial charge is 0.349 e. The van der Waals surface area contributed by atoms with Gasteiger partial charge in [0.1, 0.15) is 0 Å². The van der Waals surface area contributed by atoms with E-state index in [9.17, 15) is 4.79 Å². The molecule has 1 amide bonds. The van der Waals surface area contributed by atoms with Crippen LogP contribution in [0.1, 0.15) is 43.4 Å². The smallest absolute Gasteiger partial charge is 0.227 e. The van der Waals surface area contributed by atoms with Gasteiger partial charge in [0.15, 0.2) is 0 Å². The zero-order chi connectivity index (χ0) is 13.3. The van der Waals surface area contributed by atoms with Crippen LogP contribution in [0.25, 0.3) is 0 Å². The van der Waals surface area contributed by atoms with Gasteiger partial charge in [0.05, 0.1) is 11.5 Å². The summed E-state index contributed by atoms with van der Waals surface area (Å²) in [6.45, 7) is 3.81. The Hall–Kier alpha value is -1.35. The molecule has 1 heterocycles. The number of nitrogens with one attached hydrogen (secondary N) is 2. The predicted octanol–water partition coefficient (Wildman–Crippen LogP) is 2.18. The summed E-state index contributed by atoms with van der Waals surface area (Å²) in [6.07, 6.45) is 4.30. The molecule has 2 N–H and O–H groups in total. The molecule has 102 valence electrons. The number of hydrogen-bond donors (Lipinski definition) is 2. The summed E-state index contributed by atoms with van der Waals surface area (Å²) in [5.41, 5.74) is 2.48. The van der Waals surface area contributed by atoms with Crippen LogP contribution in [0.15, 0.2) is 24.3 Å². The SMILES string of the molecule is CC1(C(=O)NC2CCCc3ccccc32)CCNC1. The zero-order valence-electron chi connectivity index (χ0n) is 11.5.